The van der Waals surface area contributed by atoms with Crippen LogP contribution in [-0.2, 0) is 9.59 Å². The van der Waals surface area contributed by atoms with Crippen LogP contribution < -0.4 is 10.6 Å². The number of nitrogens with one attached hydrogen (secondary N) is 2. The zero-order valence-electron chi connectivity index (χ0n) is 8.82. The molecule has 1 unspecified atom stereocenters. The summed E-state index contributed by atoms with van der Waals surface area (Å²) in [6.45, 7) is 2.35. The van der Waals surface area contributed by atoms with Gasteiger partial charge >= 0.3 is 0 Å². The van der Waals surface area contributed by atoms with E-state index in [1.54, 1.807) is 6.92 Å². The number of hydrogen-bond donors (Lipinski definition) is 4. The summed E-state index contributed by atoms with van der Waals surface area (Å²) < 4.78 is 0. The molecular weight excluding hydrogens is 232 g/mol. The Morgan fingerprint density at radius 3 is 2.40 bits per heavy atom. The van der Waals surface area contributed by atoms with Crippen molar-refractivity contribution in [1.82, 2.24) is 10.6 Å². The molecule has 0 bridgehead atoms. The van der Waals surface area contributed by atoms with Gasteiger partial charge in [0.2, 0.25) is 11.8 Å². The van der Waals surface area contributed by atoms with Crippen molar-refractivity contribution in [2.24, 2.45) is 0 Å². The van der Waals surface area contributed by atoms with E-state index in [1.165, 1.54) is 0 Å². The molecule has 4 nitrogen and oxygen atoms in total. The van der Waals surface area contributed by atoms with Gasteiger partial charge in [-0.25, -0.2) is 0 Å². The highest BCUT2D eigenvalue weighted by molar-refractivity contribution is 7.80. The lowest BCUT2D eigenvalue weighted by molar-refractivity contribution is -0.122. The van der Waals surface area contributed by atoms with E-state index in [9.17, 15) is 9.59 Å². The van der Waals surface area contributed by atoms with Crippen molar-refractivity contribution >= 4 is 37.1 Å². The Kier molecular flexibility index (Phi) is 8.70. The number of amides is 2. The minimum absolute atomic E-state index is 0.0317. The molecule has 0 fully saturated rings. The van der Waals surface area contributed by atoms with Crippen LogP contribution in [0.15, 0.2) is 0 Å². The first-order valence-corrected chi connectivity index (χ1v) is 6.06. The van der Waals surface area contributed by atoms with Crippen LogP contribution >= 0.6 is 25.3 Å². The second kappa shape index (κ2) is 8.91. The molecule has 0 aromatic carbocycles. The molecule has 6 heteroatoms. The van der Waals surface area contributed by atoms with Crippen LogP contribution in [0, 0.1) is 0 Å². The lowest BCUT2D eigenvalue weighted by Gasteiger charge is -2.07. The third-order valence-corrected chi connectivity index (χ3v) is 1.96. The Labute approximate surface area is 101 Å². The summed E-state index contributed by atoms with van der Waals surface area (Å²) in [5.74, 6) is 0.527. The first kappa shape index (κ1) is 14.6. The highest BCUT2D eigenvalue weighted by Crippen LogP contribution is 1.97. The van der Waals surface area contributed by atoms with Crippen molar-refractivity contribution in [2.75, 3.05) is 12.3 Å². The molecule has 0 aliphatic heterocycles. The average Bonchev–Trinajstić information content (AvgIpc) is 2.13. The zero-order chi connectivity index (χ0) is 11.7. The van der Waals surface area contributed by atoms with E-state index in [4.69, 9.17) is 0 Å². The van der Waals surface area contributed by atoms with Crippen molar-refractivity contribution < 1.29 is 9.59 Å². The molecule has 0 heterocycles. The fraction of sp³-hybridized carbons (Fsp3) is 0.778. The Bertz CT molecular complexity index is 210. The second-order valence-corrected chi connectivity index (χ2v) is 4.39. The maximum atomic E-state index is 11.1. The van der Waals surface area contributed by atoms with Gasteiger partial charge in [0.1, 0.15) is 0 Å². The van der Waals surface area contributed by atoms with Gasteiger partial charge in [0, 0.05) is 25.1 Å². The first-order chi connectivity index (χ1) is 7.06. The molecule has 0 aliphatic rings. The van der Waals surface area contributed by atoms with Crippen LogP contribution in [0.1, 0.15) is 26.2 Å². The van der Waals surface area contributed by atoms with Crippen molar-refractivity contribution in [3.63, 3.8) is 0 Å². The van der Waals surface area contributed by atoms with Crippen LogP contribution in [0.25, 0.3) is 0 Å². The molecule has 0 aromatic heterocycles. The minimum Gasteiger partial charge on any atom is -0.355 e. The average molecular weight is 250 g/mol. The maximum absolute atomic E-state index is 11.1. The summed E-state index contributed by atoms with van der Waals surface area (Å²) in [7, 11) is 0. The molecule has 2 N–H and O–H groups in total. The van der Waals surface area contributed by atoms with E-state index < -0.39 is 0 Å². The summed E-state index contributed by atoms with van der Waals surface area (Å²) in [6, 6.07) is 0. The largest absolute Gasteiger partial charge is 0.355 e. The number of rotatable bonds is 7. The minimum atomic E-state index is -0.143. The summed E-state index contributed by atoms with van der Waals surface area (Å²) in [4.78, 5) is 22.3. The van der Waals surface area contributed by atoms with Crippen molar-refractivity contribution in [2.45, 2.75) is 31.6 Å². The standard InChI is InChI=1S/C9H18N2O2S2/c1-7(15)11-9(13)4-2-3-8(12)10-5-6-14/h7,14-15H,2-6H2,1H3,(H,10,12)(H,11,13). The van der Waals surface area contributed by atoms with E-state index in [1.807, 2.05) is 0 Å². The van der Waals surface area contributed by atoms with Gasteiger partial charge in [-0.05, 0) is 13.3 Å². The van der Waals surface area contributed by atoms with E-state index in [0.717, 1.165) is 0 Å². The second-order valence-electron chi connectivity index (χ2n) is 3.17. The zero-order valence-corrected chi connectivity index (χ0v) is 10.6. The van der Waals surface area contributed by atoms with Crippen molar-refractivity contribution in [3.8, 4) is 0 Å². The van der Waals surface area contributed by atoms with Gasteiger partial charge in [-0.1, -0.05) is 0 Å². The summed E-state index contributed by atoms with van der Waals surface area (Å²) in [5, 5.41) is 5.18. The third-order valence-electron chi connectivity index (χ3n) is 1.61. The SMILES string of the molecule is CC(S)NC(=O)CCCC(=O)NCCS. The predicted octanol–water partition coefficient (Wildman–Crippen LogP) is 0.595. The smallest absolute Gasteiger partial charge is 0.220 e. The molecule has 0 aromatic rings. The Morgan fingerprint density at radius 1 is 1.27 bits per heavy atom. The van der Waals surface area contributed by atoms with Crippen LogP contribution in [0.4, 0.5) is 0 Å². The van der Waals surface area contributed by atoms with Gasteiger partial charge in [-0.2, -0.15) is 25.3 Å². The molecule has 0 radical (unpaired) electrons. The van der Waals surface area contributed by atoms with E-state index >= 15 is 0 Å². The first-order valence-electron chi connectivity index (χ1n) is 4.91. The van der Waals surface area contributed by atoms with Gasteiger partial charge < -0.3 is 10.6 Å². The van der Waals surface area contributed by atoms with Crippen LogP contribution in [0.2, 0.25) is 0 Å². The maximum Gasteiger partial charge on any atom is 0.220 e. The summed E-state index contributed by atoms with van der Waals surface area (Å²) in [6.07, 6.45) is 1.30. The van der Waals surface area contributed by atoms with Gasteiger partial charge in [0.05, 0.1) is 5.37 Å². The fourth-order valence-corrected chi connectivity index (χ4v) is 1.25. The summed E-state index contributed by atoms with van der Waals surface area (Å²) >= 11 is 8.00. The number of carbonyl (C=O) groups excluding carboxylic acids is 2. The highest BCUT2D eigenvalue weighted by Gasteiger charge is 2.05. The molecular formula is C9H18N2O2S2. The molecule has 1 atom stereocenters. The predicted molar refractivity (Wildman–Crippen MR) is 67.3 cm³/mol. The van der Waals surface area contributed by atoms with E-state index in [0.29, 0.717) is 31.6 Å². The lowest BCUT2D eigenvalue weighted by atomic mass is 10.2. The number of carbonyl (C=O) groups is 2. The number of hydrogen-bond acceptors (Lipinski definition) is 4. The van der Waals surface area contributed by atoms with E-state index in [2.05, 4.69) is 35.9 Å². The van der Waals surface area contributed by atoms with Gasteiger partial charge in [-0.3, -0.25) is 9.59 Å². The monoisotopic (exact) mass is 250 g/mol. The molecule has 0 spiro atoms. The quantitative estimate of drug-likeness (QED) is 0.395. The van der Waals surface area contributed by atoms with Gasteiger partial charge in [-0.15, -0.1) is 0 Å². The Balaban J connectivity index is 3.44. The molecule has 0 aliphatic carbocycles. The summed E-state index contributed by atoms with van der Waals surface area (Å²) in [5.41, 5.74) is 0. The number of thiol groups is 2. The Hall–Kier alpha value is -0.360. The van der Waals surface area contributed by atoms with E-state index in [-0.39, 0.29) is 17.2 Å². The molecule has 0 saturated carbocycles. The molecule has 88 valence electrons. The Morgan fingerprint density at radius 2 is 1.87 bits per heavy atom. The highest BCUT2D eigenvalue weighted by atomic mass is 32.1. The fourth-order valence-electron chi connectivity index (χ4n) is 0.998. The molecule has 2 amide bonds. The van der Waals surface area contributed by atoms with Crippen LogP contribution in [0.3, 0.4) is 0 Å². The topological polar surface area (TPSA) is 58.2 Å². The van der Waals surface area contributed by atoms with Gasteiger partial charge in [0.25, 0.3) is 0 Å². The van der Waals surface area contributed by atoms with Crippen LogP contribution in [0.5, 0.6) is 0 Å². The lowest BCUT2D eigenvalue weighted by Crippen LogP contribution is -2.29. The van der Waals surface area contributed by atoms with Crippen molar-refractivity contribution in [1.29, 1.82) is 0 Å². The van der Waals surface area contributed by atoms with Gasteiger partial charge in [0.15, 0.2) is 0 Å². The van der Waals surface area contributed by atoms with Crippen LogP contribution in [-0.4, -0.2) is 29.5 Å². The van der Waals surface area contributed by atoms with Crippen molar-refractivity contribution in [3.05, 3.63) is 0 Å². The molecule has 0 saturated heterocycles. The molecule has 0 rings (SSSR count). The molecule has 15 heavy (non-hydrogen) atoms. The normalized spacial score (nSPS) is 11.9. The third kappa shape index (κ3) is 9.93.